The Morgan fingerprint density at radius 2 is 2.19 bits per heavy atom. The van der Waals surface area contributed by atoms with E-state index < -0.39 is 0 Å². The second kappa shape index (κ2) is 7.63. The molecule has 0 saturated carbocycles. The molecule has 1 aliphatic heterocycles. The van der Waals surface area contributed by atoms with Gasteiger partial charge < -0.3 is 15.5 Å². The largest absolute Gasteiger partial charge is 0.355 e. The molecule has 1 fully saturated rings. The summed E-state index contributed by atoms with van der Waals surface area (Å²) in [6.07, 6.45) is 1.83. The smallest absolute Gasteiger partial charge is 0.220 e. The van der Waals surface area contributed by atoms with Crippen LogP contribution in [0.15, 0.2) is 0 Å². The highest BCUT2D eigenvalue weighted by Gasteiger charge is 2.17. The van der Waals surface area contributed by atoms with Gasteiger partial charge in [0.1, 0.15) is 0 Å². The molecule has 2 N–H and O–H groups in total. The fraction of sp³-hybridized carbons (Fsp3) is 0.917. The molecular weight excluding hydrogens is 202 g/mol. The molecule has 4 nitrogen and oxygen atoms in total. The summed E-state index contributed by atoms with van der Waals surface area (Å²) in [7, 11) is 0. The van der Waals surface area contributed by atoms with Gasteiger partial charge in [-0.15, -0.1) is 0 Å². The van der Waals surface area contributed by atoms with Crippen LogP contribution in [0.5, 0.6) is 0 Å². The van der Waals surface area contributed by atoms with E-state index in [4.69, 9.17) is 0 Å². The summed E-state index contributed by atoms with van der Waals surface area (Å²) in [5.74, 6) is 0.759. The first kappa shape index (κ1) is 13.5. The molecule has 1 atom stereocenters. The highest BCUT2D eigenvalue weighted by Crippen LogP contribution is 2.11. The van der Waals surface area contributed by atoms with Crippen molar-refractivity contribution in [2.75, 3.05) is 39.3 Å². The van der Waals surface area contributed by atoms with Gasteiger partial charge in [0, 0.05) is 19.5 Å². The lowest BCUT2D eigenvalue weighted by atomic mass is 10.0. The molecule has 4 heteroatoms. The Balaban J connectivity index is 2.05. The lowest BCUT2D eigenvalue weighted by molar-refractivity contribution is -0.121. The molecule has 0 spiro atoms. The summed E-state index contributed by atoms with van der Waals surface area (Å²) in [4.78, 5) is 13.9. The molecule has 1 unspecified atom stereocenters. The van der Waals surface area contributed by atoms with Crippen LogP contribution < -0.4 is 10.6 Å². The van der Waals surface area contributed by atoms with Gasteiger partial charge in [0.05, 0.1) is 0 Å². The zero-order valence-corrected chi connectivity index (χ0v) is 10.6. The molecule has 0 aromatic heterocycles. The summed E-state index contributed by atoms with van der Waals surface area (Å²) in [5.41, 5.74) is 0. The van der Waals surface area contributed by atoms with Crippen LogP contribution in [-0.2, 0) is 4.79 Å². The maximum absolute atomic E-state index is 11.6. The van der Waals surface area contributed by atoms with Gasteiger partial charge in [-0.25, -0.2) is 0 Å². The van der Waals surface area contributed by atoms with E-state index in [2.05, 4.69) is 29.4 Å². The zero-order chi connectivity index (χ0) is 11.8. The van der Waals surface area contributed by atoms with Gasteiger partial charge >= 0.3 is 0 Å². The molecule has 1 saturated heterocycles. The molecule has 1 rings (SSSR count). The van der Waals surface area contributed by atoms with E-state index in [0.29, 0.717) is 12.3 Å². The Labute approximate surface area is 98.8 Å². The number of amides is 1. The third kappa shape index (κ3) is 4.94. The first-order valence-electron chi connectivity index (χ1n) is 6.46. The summed E-state index contributed by atoms with van der Waals surface area (Å²) in [6, 6.07) is 0. The van der Waals surface area contributed by atoms with E-state index in [0.717, 1.165) is 45.7 Å². The second-order valence-corrected chi connectivity index (χ2v) is 4.44. The SMILES string of the molecule is CCN(CC)CCNC(=O)CC1CCNC1. The van der Waals surface area contributed by atoms with Gasteiger partial charge in [0.25, 0.3) is 0 Å². The number of rotatable bonds is 7. The average molecular weight is 227 g/mol. The van der Waals surface area contributed by atoms with Crippen LogP contribution in [0.3, 0.4) is 0 Å². The predicted octanol–water partition coefficient (Wildman–Crippen LogP) is 0.444. The Morgan fingerprint density at radius 1 is 1.44 bits per heavy atom. The molecule has 16 heavy (non-hydrogen) atoms. The Kier molecular flexibility index (Phi) is 6.42. The first-order chi connectivity index (χ1) is 7.76. The molecule has 0 aromatic rings. The van der Waals surface area contributed by atoms with E-state index in [1.54, 1.807) is 0 Å². The number of nitrogens with zero attached hydrogens (tertiary/aromatic N) is 1. The van der Waals surface area contributed by atoms with E-state index in [1.807, 2.05) is 0 Å². The minimum absolute atomic E-state index is 0.209. The molecule has 0 bridgehead atoms. The van der Waals surface area contributed by atoms with Crippen molar-refractivity contribution in [3.8, 4) is 0 Å². The normalized spacial score (nSPS) is 20.3. The molecule has 1 heterocycles. The van der Waals surface area contributed by atoms with Crippen LogP contribution in [-0.4, -0.2) is 50.1 Å². The number of likely N-dealkylation sites (N-methyl/N-ethyl adjacent to an activating group) is 1. The molecular formula is C12H25N3O. The highest BCUT2D eigenvalue weighted by atomic mass is 16.1. The Bertz CT molecular complexity index is 198. The molecule has 1 amide bonds. The van der Waals surface area contributed by atoms with E-state index >= 15 is 0 Å². The Hall–Kier alpha value is -0.610. The zero-order valence-electron chi connectivity index (χ0n) is 10.6. The van der Waals surface area contributed by atoms with Gasteiger partial charge in [-0.05, 0) is 38.5 Å². The number of carbonyl (C=O) groups is 1. The fourth-order valence-corrected chi connectivity index (χ4v) is 2.12. The minimum atomic E-state index is 0.209. The first-order valence-corrected chi connectivity index (χ1v) is 6.46. The van der Waals surface area contributed by atoms with Crippen molar-refractivity contribution in [3.05, 3.63) is 0 Å². The van der Waals surface area contributed by atoms with Crippen molar-refractivity contribution in [1.82, 2.24) is 15.5 Å². The standard InChI is InChI=1S/C12H25N3O/c1-3-15(4-2)8-7-14-12(16)9-11-5-6-13-10-11/h11,13H,3-10H2,1-2H3,(H,14,16). The van der Waals surface area contributed by atoms with Crippen LogP contribution in [0.2, 0.25) is 0 Å². The minimum Gasteiger partial charge on any atom is -0.355 e. The van der Waals surface area contributed by atoms with E-state index in [1.165, 1.54) is 0 Å². The van der Waals surface area contributed by atoms with Gasteiger partial charge in [-0.3, -0.25) is 4.79 Å². The number of nitrogens with one attached hydrogen (secondary N) is 2. The lowest BCUT2D eigenvalue weighted by Crippen LogP contribution is -2.35. The van der Waals surface area contributed by atoms with Crippen LogP contribution in [0.25, 0.3) is 0 Å². The van der Waals surface area contributed by atoms with Crippen LogP contribution >= 0.6 is 0 Å². The highest BCUT2D eigenvalue weighted by molar-refractivity contribution is 5.76. The summed E-state index contributed by atoms with van der Waals surface area (Å²) >= 11 is 0. The van der Waals surface area contributed by atoms with E-state index in [9.17, 15) is 4.79 Å². The number of hydrogen-bond donors (Lipinski definition) is 2. The maximum Gasteiger partial charge on any atom is 0.220 e. The summed E-state index contributed by atoms with van der Waals surface area (Å²) in [5, 5.41) is 6.28. The molecule has 94 valence electrons. The predicted molar refractivity (Wildman–Crippen MR) is 66.4 cm³/mol. The molecule has 0 aliphatic carbocycles. The van der Waals surface area contributed by atoms with Crippen molar-refractivity contribution in [2.24, 2.45) is 5.92 Å². The third-order valence-corrected chi connectivity index (χ3v) is 3.28. The summed E-state index contributed by atoms with van der Waals surface area (Å²) < 4.78 is 0. The van der Waals surface area contributed by atoms with Crippen molar-refractivity contribution < 1.29 is 4.79 Å². The monoisotopic (exact) mass is 227 g/mol. The topological polar surface area (TPSA) is 44.4 Å². The van der Waals surface area contributed by atoms with Crippen molar-refractivity contribution >= 4 is 5.91 Å². The quantitative estimate of drug-likeness (QED) is 0.663. The Morgan fingerprint density at radius 3 is 2.75 bits per heavy atom. The van der Waals surface area contributed by atoms with Crippen molar-refractivity contribution in [3.63, 3.8) is 0 Å². The van der Waals surface area contributed by atoms with Gasteiger partial charge in [-0.2, -0.15) is 0 Å². The van der Waals surface area contributed by atoms with Crippen LogP contribution in [0.4, 0.5) is 0 Å². The fourth-order valence-electron chi connectivity index (χ4n) is 2.12. The summed E-state index contributed by atoms with van der Waals surface area (Å²) in [6.45, 7) is 10.2. The second-order valence-electron chi connectivity index (χ2n) is 4.44. The van der Waals surface area contributed by atoms with Gasteiger partial charge in [-0.1, -0.05) is 13.8 Å². The van der Waals surface area contributed by atoms with Gasteiger partial charge in [0.15, 0.2) is 0 Å². The molecule has 1 aliphatic rings. The average Bonchev–Trinajstić information content (AvgIpc) is 2.77. The number of hydrogen-bond acceptors (Lipinski definition) is 3. The van der Waals surface area contributed by atoms with Crippen molar-refractivity contribution in [1.29, 1.82) is 0 Å². The van der Waals surface area contributed by atoms with Crippen LogP contribution in [0.1, 0.15) is 26.7 Å². The lowest BCUT2D eigenvalue weighted by Gasteiger charge is -2.18. The maximum atomic E-state index is 11.6. The molecule has 0 aromatic carbocycles. The van der Waals surface area contributed by atoms with Gasteiger partial charge in [0.2, 0.25) is 5.91 Å². The number of carbonyl (C=O) groups excluding carboxylic acids is 1. The third-order valence-electron chi connectivity index (χ3n) is 3.28. The molecule has 0 radical (unpaired) electrons. The van der Waals surface area contributed by atoms with E-state index in [-0.39, 0.29) is 5.91 Å². The van der Waals surface area contributed by atoms with Crippen LogP contribution in [0, 0.1) is 5.92 Å². The van der Waals surface area contributed by atoms with Crippen molar-refractivity contribution in [2.45, 2.75) is 26.7 Å².